The molecule has 0 amide bonds. The second-order valence-electron chi connectivity index (χ2n) is 5.35. The first-order valence-electron chi connectivity index (χ1n) is 6.90. The number of benzene rings is 2. The monoisotopic (exact) mass is 352 g/mol. The molecule has 0 saturated carbocycles. The van der Waals surface area contributed by atoms with Gasteiger partial charge in [-0.2, -0.15) is 0 Å². The Morgan fingerprint density at radius 1 is 1.09 bits per heavy atom. The molecule has 5 heteroatoms. The van der Waals surface area contributed by atoms with Crippen LogP contribution in [0.3, 0.4) is 0 Å². The highest BCUT2D eigenvalue weighted by Gasteiger charge is 2.08. The molecule has 0 bridgehead atoms. The Morgan fingerprint density at radius 3 is 2.50 bits per heavy atom. The third-order valence-electron chi connectivity index (χ3n) is 3.39. The third kappa shape index (κ3) is 4.35. The molecule has 2 aromatic rings. The van der Waals surface area contributed by atoms with E-state index < -0.39 is 0 Å². The molecule has 2 aromatic carbocycles. The van der Waals surface area contributed by atoms with E-state index in [-0.39, 0.29) is 0 Å². The van der Waals surface area contributed by atoms with E-state index in [1.165, 1.54) is 5.56 Å². The molecule has 2 rings (SSSR count). The average Bonchev–Trinajstić information content (AvgIpc) is 2.46. The second-order valence-corrected chi connectivity index (χ2v) is 6.55. The van der Waals surface area contributed by atoms with E-state index in [1.807, 2.05) is 24.1 Å². The van der Waals surface area contributed by atoms with Gasteiger partial charge in [-0.05, 0) is 61.0 Å². The van der Waals surface area contributed by atoms with Crippen LogP contribution in [0.1, 0.15) is 16.7 Å². The summed E-state index contributed by atoms with van der Waals surface area (Å²) in [6.45, 7) is 4.78. The first kappa shape index (κ1) is 17.1. The highest BCUT2D eigenvalue weighted by molar-refractivity contribution is 7.80. The molecule has 0 aromatic heterocycles. The molecule has 0 radical (unpaired) electrons. The van der Waals surface area contributed by atoms with Gasteiger partial charge in [0.15, 0.2) is 5.11 Å². The van der Waals surface area contributed by atoms with E-state index in [9.17, 15) is 0 Å². The van der Waals surface area contributed by atoms with Gasteiger partial charge in [0.25, 0.3) is 0 Å². The van der Waals surface area contributed by atoms with Gasteiger partial charge in [-0.3, -0.25) is 0 Å². The maximum Gasteiger partial charge on any atom is 0.173 e. The maximum atomic E-state index is 6.05. The number of hydrogen-bond donors (Lipinski definition) is 1. The van der Waals surface area contributed by atoms with Crippen molar-refractivity contribution in [2.24, 2.45) is 0 Å². The fourth-order valence-corrected chi connectivity index (χ4v) is 2.56. The van der Waals surface area contributed by atoms with E-state index >= 15 is 0 Å². The Balaban J connectivity index is 2.05. The van der Waals surface area contributed by atoms with Crippen LogP contribution in [-0.2, 0) is 6.54 Å². The van der Waals surface area contributed by atoms with Gasteiger partial charge in [-0.15, -0.1) is 0 Å². The summed E-state index contributed by atoms with van der Waals surface area (Å²) in [7, 11) is 1.95. The summed E-state index contributed by atoms with van der Waals surface area (Å²) in [4.78, 5) is 1.97. The summed E-state index contributed by atoms with van der Waals surface area (Å²) >= 11 is 17.5. The highest BCUT2D eigenvalue weighted by atomic mass is 35.5. The molecule has 0 aliphatic rings. The molecule has 0 unspecified atom stereocenters. The van der Waals surface area contributed by atoms with Crippen molar-refractivity contribution in [3.05, 3.63) is 63.1 Å². The highest BCUT2D eigenvalue weighted by Crippen LogP contribution is 2.23. The third-order valence-corrected chi connectivity index (χ3v) is 4.54. The van der Waals surface area contributed by atoms with E-state index in [4.69, 9.17) is 35.4 Å². The summed E-state index contributed by atoms with van der Waals surface area (Å²) in [6.07, 6.45) is 0. The predicted octanol–water partition coefficient (Wildman–Crippen LogP) is 5.44. The Morgan fingerprint density at radius 2 is 1.82 bits per heavy atom. The van der Waals surface area contributed by atoms with Crippen molar-refractivity contribution in [1.29, 1.82) is 0 Å². The lowest BCUT2D eigenvalue weighted by Gasteiger charge is -2.22. The fraction of sp³-hybridized carbons (Fsp3) is 0.235. The minimum absolute atomic E-state index is 0.556. The molecule has 0 spiro atoms. The summed E-state index contributed by atoms with van der Waals surface area (Å²) in [5.41, 5.74) is 4.45. The minimum Gasteiger partial charge on any atom is -0.348 e. The molecule has 116 valence electrons. The van der Waals surface area contributed by atoms with Crippen LogP contribution in [0, 0.1) is 13.8 Å². The van der Waals surface area contributed by atoms with E-state index in [2.05, 4.69) is 37.4 Å². The number of aryl methyl sites for hydroxylation is 2. The molecular formula is C17H18Cl2N2S. The van der Waals surface area contributed by atoms with Crippen molar-refractivity contribution in [2.45, 2.75) is 20.4 Å². The van der Waals surface area contributed by atoms with Crippen molar-refractivity contribution in [3.8, 4) is 0 Å². The lowest BCUT2D eigenvalue weighted by atomic mass is 10.1. The summed E-state index contributed by atoms with van der Waals surface area (Å²) in [5.74, 6) is 0. The minimum atomic E-state index is 0.556. The van der Waals surface area contributed by atoms with E-state index in [1.54, 1.807) is 6.07 Å². The van der Waals surface area contributed by atoms with Crippen molar-refractivity contribution in [2.75, 3.05) is 12.4 Å². The molecule has 0 atom stereocenters. The quantitative estimate of drug-likeness (QED) is 0.740. The van der Waals surface area contributed by atoms with Gasteiger partial charge in [-0.25, -0.2) is 0 Å². The largest absolute Gasteiger partial charge is 0.348 e. The molecule has 0 fully saturated rings. The Labute approximate surface area is 147 Å². The van der Waals surface area contributed by atoms with Crippen LogP contribution in [0.2, 0.25) is 10.0 Å². The molecule has 0 heterocycles. The molecule has 2 nitrogen and oxygen atoms in total. The lowest BCUT2D eigenvalue weighted by molar-refractivity contribution is 0.508. The normalized spacial score (nSPS) is 10.4. The average molecular weight is 353 g/mol. The van der Waals surface area contributed by atoms with Crippen LogP contribution in [0.4, 0.5) is 5.69 Å². The topological polar surface area (TPSA) is 15.3 Å². The lowest BCUT2D eigenvalue weighted by Crippen LogP contribution is -2.30. The molecule has 1 N–H and O–H groups in total. The van der Waals surface area contributed by atoms with Gasteiger partial charge in [0, 0.05) is 19.3 Å². The van der Waals surface area contributed by atoms with Gasteiger partial charge in [0.2, 0.25) is 0 Å². The zero-order valence-corrected chi connectivity index (χ0v) is 15.1. The molecule has 22 heavy (non-hydrogen) atoms. The first-order valence-corrected chi connectivity index (χ1v) is 8.06. The van der Waals surface area contributed by atoms with Gasteiger partial charge in [0.05, 0.1) is 10.0 Å². The Hall–Kier alpha value is -1.29. The number of halogens is 2. The SMILES string of the molecule is Cc1ccc(C)c(NC(=S)N(C)Cc2ccc(Cl)c(Cl)c2)c1. The molecule has 0 saturated heterocycles. The van der Waals surface area contributed by atoms with Crippen LogP contribution >= 0.6 is 35.4 Å². The van der Waals surface area contributed by atoms with E-state index in [0.717, 1.165) is 16.8 Å². The van der Waals surface area contributed by atoms with Crippen LogP contribution in [-0.4, -0.2) is 17.1 Å². The molecular weight excluding hydrogens is 335 g/mol. The van der Waals surface area contributed by atoms with Crippen LogP contribution in [0.15, 0.2) is 36.4 Å². The number of hydrogen-bond acceptors (Lipinski definition) is 1. The summed E-state index contributed by atoms with van der Waals surface area (Å²) in [6, 6.07) is 11.9. The smallest absolute Gasteiger partial charge is 0.173 e. The molecule has 0 aliphatic carbocycles. The van der Waals surface area contributed by atoms with Gasteiger partial charge < -0.3 is 10.2 Å². The summed E-state index contributed by atoms with van der Waals surface area (Å²) < 4.78 is 0. The number of anilines is 1. The van der Waals surface area contributed by atoms with Crippen molar-refractivity contribution < 1.29 is 0 Å². The maximum absolute atomic E-state index is 6.05. The van der Waals surface area contributed by atoms with Gasteiger partial charge in [-0.1, -0.05) is 41.4 Å². The number of thiocarbonyl (C=S) groups is 1. The Kier molecular flexibility index (Phi) is 5.68. The number of nitrogens with one attached hydrogen (secondary N) is 1. The zero-order valence-electron chi connectivity index (χ0n) is 12.8. The van der Waals surface area contributed by atoms with Crippen LogP contribution in [0.25, 0.3) is 0 Å². The van der Waals surface area contributed by atoms with Gasteiger partial charge >= 0.3 is 0 Å². The Bertz CT molecular complexity index is 701. The fourth-order valence-electron chi connectivity index (χ4n) is 2.06. The van der Waals surface area contributed by atoms with E-state index in [0.29, 0.717) is 21.7 Å². The standard InChI is InChI=1S/C17H18Cl2N2S/c1-11-4-5-12(2)16(8-11)20-17(22)21(3)10-13-6-7-14(18)15(19)9-13/h4-9H,10H2,1-3H3,(H,20,22). The summed E-state index contributed by atoms with van der Waals surface area (Å²) in [5, 5.41) is 5.08. The number of rotatable bonds is 3. The molecule has 0 aliphatic heterocycles. The zero-order chi connectivity index (χ0) is 16.3. The first-order chi connectivity index (χ1) is 10.4. The predicted molar refractivity (Wildman–Crippen MR) is 100 cm³/mol. The second kappa shape index (κ2) is 7.32. The van der Waals surface area contributed by atoms with Crippen molar-refractivity contribution in [3.63, 3.8) is 0 Å². The van der Waals surface area contributed by atoms with Gasteiger partial charge in [0.1, 0.15) is 0 Å². The van der Waals surface area contributed by atoms with Crippen molar-refractivity contribution >= 4 is 46.2 Å². The number of nitrogens with zero attached hydrogens (tertiary/aromatic N) is 1. The van der Waals surface area contributed by atoms with Crippen LogP contribution in [0.5, 0.6) is 0 Å². The van der Waals surface area contributed by atoms with Crippen LogP contribution < -0.4 is 5.32 Å². The van der Waals surface area contributed by atoms with Crippen molar-refractivity contribution in [1.82, 2.24) is 4.90 Å².